The Bertz CT molecular complexity index is 962. The minimum absolute atomic E-state index is 0.0441. The fraction of sp³-hybridized carbons (Fsp3) is 0.520. The lowest BCUT2D eigenvalue weighted by atomic mass is 9.62. The van der Waals surface area contributed by atoms with Crippen molar-refractivity contribution in [3.8, 4) is 0 Å². The van der Waals surface area contributed by atoms with Gasteiger partial charge in [-0.2, -0.15) is 4.98 Å². The van der Waals surface area contributed by atoms with Crippen molar-refractivity contribution in [2.45, 2.75) is 50.9 Å². The summed E-state index contributed by atoms with van der Waals surface area (Å²) >= 11 is 0. The third kappa shape index (κ3) is 3.47. The van der Waals surface area contributed by atoms with E-state index in [1.54, 1.807) is 0 Å². The Labute approximate surface area is 184 Å². The van der Waals surface area contributed by atoms with Gasteiger partial charge >= 0.3 is 5.78 Å². The number of aromatic nitrogens is 2. The van der Waals surface area contributed by atoms with Crippen molar-refractivity contribution < 1.29 is 9.53 Å². The van der Waals surface area contributed by atoms with Gasteiger partial charge in [-0.15, -0.1) is 0 Å². The average Bonchev–Trinajstić information content (AvgIpc) is 3.24. The number of fused-ring (bicyclic) bond motifs is 1. The van der Waals surface area contributed by atoms with E-state index in [1.165, 1.54) is 11.3 Å². The highest BCUT2D eigenvalue weighted by Gasteiger charge is 2.47. The van der Waals surface area contributed by atoms with Crippen LogP contribution in [0.15, 0.2) is 24.3 Å². The van der Waals surface area contributed by atoms with E-state index in [2.05, 4.69) is 47.9 Å². The second-order valence-corrected chi connectivity index (χ2v) is 8.88. The lowest BCUT2D eigenvalue weighted by Crippen LogP contribution is -2.41. The Balaban J connectivity index is 1.49. The van der Waals surface area contributed by atoms with Crippen LogP contribution in [-0.4, -0.2) is 48.6 Å². The zero-order chi connectivity index (χ0) is 21.4. The minimum Gasteiger partial charge on any atom is -0.378 e. The normalized spacial score (nSPS) is 19.6. The second kappa shape index (κ2) is 8.15. The molecule has 1 aliphatic heterocycles. The molecule has 2 aliphatic carbocycles. The van der Waals surface area contributed by atoms with Gasteiger partial charge in [0.25, 0.3) is 0 Å². The molecule has 0 unspecified atom stereocenters. The van der Waals surface area contributed by atoms with Crippen molar-refractivity contribution in [2.24, 2.45) is 0 Å². The monoisotopic (exact) mass is 419 g/mol. The molecule has 1 aromatic carbocycles. The van der Waals surface area contributed by atoms with E-state index in [1.807, 2.05) is 0 Å². The van der Waals surface area contributed by atoms with Gasteiger partial charge in [0.15, 0.2) is 0 Å². The summed E-state index contributed by atoms with van der Waals surface area (Å²) in [5.41, 5.74) is 4.32. The van der Waals surface area contributed by atoms with Crippen LogP contribution in [0.4, 0.5) is 17.5 Å². The maximum absolute atomic E-state index is 12.2. The van der Waals surface area contributed by atoms with Crippen LogP contribution in [-0.2, 0) is 27.8 Å². The van der Waals surface area contributed by atoms with Gasteiger partial charge < -0.3 is 14.5 Å². The van der Waals surface area contributed by atoms with Crippen molar-refractivity contribution in [1.82, 2.24) is 9.97 Å². The van der Waals surface area contributed by atoms with Gasteiger partial charge in [-0.25, -0.2) is 9.78 Å². The lowest BCUT2D eigenvalue weighted by Gasteiger charge is -2.37. The summed E-state index contributed by atoms with van der Waals surface area (Å²) < 4.78 is 5.52. The summed E-state index contributed by atoms with van der Waals surface area (Å²) in [6.45, 7) is 9.85. The highest BCUT2D eigenvalue weighted by atomic mass is 16.5. The molecule has 1 saturated carbocycles. The van der Waals surface area contributed by atoms with E-state index in [4.69, 9.17) is 14.7 Å². The molecule has 1 aromatic heterocycles. The van der Waals surface area contributed by atoms with Crippen molar-refractivity contribution in [3.63, 3.8) is 0 Å². The number of carbonyl (C=O) groups is 1. The zero-order valence-electron chi connectivity index (χ0n) is 18.4. The molecular weight excluding hydrogens is 388 g/mol. The molecule has 31 heavy (non-hydrogen) atoms. The molecule has 2 aromatic rings. The molecule has 2 fully saturated rings. The van der Waals surface area contributed by atoms with Crippen LogP contribution < -0.4 is 9.80 Å². The first-order chi connectivity index (χ1) is 15.1. The number of aryl methyl sites for hydroxylation is 1. The molecule has 0 atom stereocenters. The summed E-state index contributed by atoms with van der Waals surface area (Å²) in [6.07, 6.45) is 6.10. The Morgan fingerprint density at radius 2 is 1.87 bits per heavy atom. The molecule has 0 bridgehead atoms. The van der Waals surface area contributed by atoms with Crippen molar-refractivity contribution in [3.05, 3.63) is 48.0 Å². The molecular formula is C25H31N4O2+. The number of ketones is 1. The van der Waals surface area contributed by atoms with Gasteiger partial charge in [-0.05, 0) is 56.7 Å². The summed E-state index contributed by atoms with van der Waals surface area (Å²) in [5, 5.41) is 0. The molecule has 0 spiro atoms. The van der Waals surface area contributed by atoms with E-state index in [9.17, 15) is 4.79 Å². The molecule has 3 aliphatic rings. The van der Waals surface area contributed by atoms with E-state index < -0.39 is 0 Å². The van der Waals surface area contributed by atoms with Crippen LogP contribution in [0, 0.1) is 6.92 Å². The minimum atomic E-state index is -0.366. The number of rotatable bonds is 6. The van der Waals surface area contributed by atoms with Crippen LogP contribution in [0.3, 0.4) is 0 Å². The number of carbonyl (C=O) groups excluding carboxylic acids is 1. The number of benzene rings is 1. The van der Waals surface area contributed by atoms with Crippen LogP contribution in [0.5, 0.6) is 0 Å². The number of morpholine rings is 1. The maximum atomic E-state index is 12.2. The first-order valence-corrected chi connectivity index (χ1v) is 11.6. The van der Waals surface area contributed by atoms with E-state index >= 15 is 0 Å². The number of anilines is 3. The molecule has 1 saturated heterocycles. The smallest absolute Gasteiger partial charge is 0.313 e. The quantitative estimate of drug-likeness (QED) is 0.664. The van der Waals surface area contributed by atoms with Gasteiger partial charge in [0, 0.05) is 30.9 Å². The third-order valence-electron chi connectivity index (χ3n) is 7.24. The molecule has 6 heteroatoms. The fourth-order valence-electron chi connectivity index (χ4n) is 5.20. The second-order valence-electron chi connectivity index (χ2n) is 8.88. The summed E-state index contributed by atoms with van der Waals surface area (Å²) in [7, 11) is 0. The first-order valence-electron chi connectivity index (χ1n) is 11.6. The van der Waals surface area contributed by atoms with E-state index in [0.29, 0.717) is 0 Å². The summed E-state index contributed by atoms with van der Waals surface area (Å²) in [5.74, 6) is 1.90. The number of nitrogens with zero attached hydrogens (tertiary/aromatic N) is 4. The van der Waals surface area contributed by atoms with Crippen LogP contribution >= 0.6 is 0 Å². The van der Waals surface area contributed by atoms with Crippen molar-refractivity contribution in [2.75, 3.05) is 42.6 Å². The van der Waals surface area contributed by atoms with Crippen LogP contribution in [0.25, 0.3) is 0 Å². The van der Waals surface area contributed by atoms with Crippen LogP contribution in [0.1, 0.15) is 49.4 Å². The van der Waals surface area contributed by atoms with Gasteiger partial charge in [0.2, 0.25) is 5.95 Å². The molecule has 6 nitrogen and oxygen atoms in total. The Kier molecular flexibility index (Phi) is 5.34. The maximum Gasteiger partial charge on any atom is 0.313 e. The zero-order valence-corrected chi connectivity index (χ0v) is 18.4. The van der Waals surface area contributed by atoms with Gasteiger partial charge in [-0.1, -0.05) is 18.6 Å². The predicted molar refractivity (Wildman–Crippen MR) is 122 cm³/mol. The molecule has 0 radical (unpaired) electrons. The number of hydrogen-bond acceptors (Lipinski definition) is 6. The summed E-state index contributed by atoms with van der Waals surface area (Å²) in [4.78, 5) is 26.7. The van der Waals surface area contributed by atoms with E-state index in [0.717, 1.165) is 94.4 Å². The van der Waals surface area contributed by atoms with Crippen molar-refractivity contribution in [1.29, 1.82) is 0 Å². The fourth-order valence-corrected chi connectivity index (χ4v) is 5.20. The number of Topliss-reactive ketones (excluding diaryl/α,β-unsaturated/α-hetero) is 1. The molecule has 2 heterocycles. The Hall–Kier alpha value is -2.60. The number of ether oxygens (including phenoxy) is 1. The highest BCUT2D eigenvalue weighted by Crippen LogP contribution is 2.45. The van der Waals surface area contributed by atoms with E-state index in [-0.39, 0.29) is 11.2 Å². The van der Waals surface area contributed by atoms with Gasteiger partial charge in [-0.3, -0.25) is 0 Å². The number of hydrogen-bond donors (Lipinski definition) is 0. The standard InChI is InChI=1S/C25H31N4O2/c1-3-29(20-10-8-19(9-11-20)25(18(2)30)12-5-13-25)23-21-6-4-7-22(21)26-24(27-23)28-14-16-31-17-15-28/h8-11H,2-7,12-17H2,1H3/q+1. The lowest BCUT2D eigenvalue weighted by molar-refractivity contribution is -0.123. The van der Waals surface area contributed by atoms with Crippen LogP contribution in [0.2, 0.25) is 0 Å². The first kappa shape index (κ1) is 20.3. The van der Waals surface area contributed by atoms with Crippen molar-refractivity contribution >= 4 is 23.2 Å². The predicted octanol–water partition coefficient (Wildman–Crippen LogP) is 3.78. The largest absolute Gasteiger partial charge is 0.378 e. The highest BCUT2D eigenvalue weighted by molar-refractivity contribution is 5.94. The third-order valence-corrected chi connectivity index (χ3v) is 7.24. The Morgan fingerprint density at radius 3 is 2.48 bits per heavy atom. The SMILES string of the molecule is [CH2+]C(=O)C1(c2ccc(N(CC)c3nc(N4CCOCC4)nc4c3CCC4)cc2)CCC1. The molecule has 0 N–H and O–H groups in total. The van der Waals surface area contributed by atoms with Gasteiger partial charge in [0.1, 0.15) is 12.7 Å². The Morgan fingerprint density at radius 1 is 1.13 bits per heavy atom. The average molecular weight is 420 g/mol. The molecule has 162 valence electrons. The molecule has 5 rings (SSSR count). The topological polar surface area (TPSA) is 58.6 Å². The molecule has 0 amide bonds. The van der Waals surface area contributed by atoms with Gasteiger partial charge in [0.05, 0.1) is 24.3 Å². The summed E-state index contributed by atoms with van der Waals surface area (Å²) in [6, 6.07) is 8.51.